The minimum atomic E-state index is -3.57. The van der Waals surface area contributed by atoms with Crippen molar-refractivity contribution in [1.82, 2.24) is 4.72 Å². The summed E-state index contributed by atoms with van der Waals surface area (Å²) < 4.78 is 27.5. The number of non-ortho nitro benzene ring substituents is 1. The van der Waals surface area contributed by atoms with Gasteiger partial charge in [0.1, 0.15) is 9.90 Å². The van der Waals surface area contributed by atoms with Crippen molar-refractivity contribution in [2.24, 2.45) is 0 Å². The Hall–Kier alpha value is -2.57. The SMILES string of the molecule is O=[N+]([O-])c1ccc(N2CCC(NS(=O)(=O)c3cccs3)CC2)c([N+](=O)[O-])c1. The van der Waals surface area contributed by atoms with Crippen LogP contribution in [0.15, 0.2) is 39.9 Å². The highest BCUT2D eigenvalue weighted by Gasteiger charge is 2.29. The van der Waals surface area contributed by atoms with E-state index in [1.807, 2.05) is 0 Å². The van der Waals surface area contributed by atoms with Gasteiger partial charge in [0.25, 0.3) is 11.4 Å². The molecule has 1 aromatic heterocycles. The number of piperidine rings is 1. The van der Waals surface area contributed by atoms with Crippen molar-refractivity contribution < 1.29 is 18.3 Å². The zero-order valence-corrected chi connectivity index (χ0v) is 15.6. The molecule has 27 heavy (non-hydrogen) atoms. The predicted molar refractivity (Wildman–Crippen MR) is 99.6 cm³/mol. The lowest BCUT2D eigenvalue weighted by atomic mass is 10.0. The van der Waals surface area contributed by atoms with Crippen molar-refractivity contribution in [2.45, 2.75) is 23.1 Å². The highest BCUT2D eigenvalue weighted by molar-refractivity contribution is 7.91. The number of rotatable bonds is 6. The number of benzene rings is 1. The van der Waals surface area contributed by atoms with Crippen molar-refractivity contribution >= 4 is 38.4 Å². The van der Waals surface area contributed by atoms with E-state index in [1.54, 1.807) is 16.3 Å². The van der Waals surface area contributed by atoms with Crippen LogP contribution in [0.4, 0.5) is 17.1 Å². The maximum absolute atomic E-state index is 12.3. The molecule has 0 saturated carbocycles. The molecule has 0 atom stereocenters. The third-order valence-corrected chi connectivity index (χ3v) is 7.20. The van der Waals surface area contributed by atoms with E-state index in [2.05, 4.69) is 4.72 Å². The number of nitro benzene ring substituents is 2. The van der Waals surface area contributed by atoms with E-state index >= 15 is 0 Å². The third-order valence-electron chi connectivity index (χ3n) is 4.28. The average molecular weight is 412 g/mol. The number of nitrogens with one attached hydrogen (secondary N) is 1. The first kappa shape index (κ1) is 19.2. The fraction of sp³-hybridized carbons (Fsp3) is 0.333. The van der Waals surface area contributed by atoms with Gasteiger partial charge in [-0.3, -0.25) is 20.2 Å². The first-order valence-corrected chi connectivity index (χ1v) is 10.4. The summed E-state index contributed by atoms with van der Waals surface area (Å²) in [5.74, 6) is 0. The van der Waals surface area contributed by atoms with Gasteiger partial charge in [-0.25, -0.2) is 13.1 Å². The van der Waals surface area contributed by atoms with Gasteiger partial charge in [-0.15, -0.1) is 11.3 Å². The molecule has 12 heteroatoms. The van der Waals surface area contributed by atoms with Crippen molar-refractivity contribution in [2.75, 3.05) is 18.0 Å². The summed E-state index contributed by atoms with van der Waals surface area (Å²) in [5.41, 5.74) is -0.379. The van der Waals surface area contributed by atoms with Crippen LogP contribution in [0.1, 0.15) is 12.8 Å². The van der Waals surface area contributed by atoms with Gasteiger partial charge in [0.05, 0.1) is 15.9 Å². The summed E-state index contributed by atoms with van der Waals surface area (Å²) >= 11 is 1.13. The number of anilines is 1. The molecule has 0 bridgehead atoms. The zero-order chi connectivity index (χ0) is 19.6. The number of hydrogen-bond acceptors (Lipinski definition) is 8. The molecule has 1 aliphatic heterocycles. The predicted octanol–water partition coefficient (Wildman–Crippen LogP) is 2.51. The van der Waals surface area contributed by atoms with Gasteiger partial charge in [0.2, 0.25) is 10.0 Å². The minimum Gasteiger partial charge on any atom is -0.366 e. The van der Waals surface area contributed by atoms with Crippen LogP contribution in [-0.2, 0) is 10.0 Å². The third kappa shape index (κ3) is 4.23. The first-order valence-electron chi connectivity index (χ1n) is 8.01. The highest BCUT2D eigenvalue weighted by Crippen LogP contribution is 2.33. The second-order valence-electron chi connectivity index (χ2n) is 6.00. The van der Waals surface area contributed by atoms with E-state index in [0.717, 1.165) is 17.4 Å². The molecule has 2 heterocycles. The summed E-state index contributed by atoms with van der Waals surface area (Å²) in [7, 11) is -3.57. The normalized spacial score (nSPS) is 15.6. The van der Waals surface area contributed by atoms with Gasteiger partial charge in [0, 0.05) is 25.2 Å². The van der Waals surface area contributed by atoms with E-state index in [0.29, 0.717) is 31.6 Å². The fourth-order valence-corrected chi connectivity index (χ4v) is 5.29. The lowest BCUT2D eigenvalue weighted by Crippen LogP contribution is -2.44. The Morgan fingerprint density at radius 3 is 2.37 bits per heavy atom. The largest absolute Gasteiger partial charge is 0.366 e. The van der Waals surface area contributed by atoms with Crippen LogP contribution < -0.4 is 9.62 Å². The number of nitrogens with zero attached hydrogens (tertiary/aromatic N) is 3. The summed E-state index contributed by atoms with van der Waals surface area (Å²) in [4.78, 5) is 22.6. The van der Waals surface area contributed by atoms with Gasteiger partial charge in [-0.1, -0.05) is 6.07 Å². The molecule has 3 rings (SSSR count). The molecule has 0 radical (unpaired) electrons. The molecule has 144 valence electrons. The standard InChI is InChI=1S/C15H16N4O6S2/c20-18(21)12-3-4-13(14(10-12)19(22)23)17-7-5-11(6-8-17)16-27(24,25)15-2-1-9-26-15/h1-4,9-11,16H,5-8H2. The number of sulfonamides is 1. The number of thiophene rings is 1. The van der Waals surface area contributed by atoms with Crippen LogP contribution in [0.3, 0.4) is 0 Å². The summed E-state index contributed by atoms with van der Waals surface area (Å²) in [6.07, 6.45) is 0.942. The smallest absolute Gasteiger partial charge is 0.299 e. The van der Waals surface area contributed by atoms with E-state index in [4.69, 9.17) is 0 Å². The Morgan fingerprint density at radius 1 is 1.11 bits per heavy atom. The number of hydrogen-bond donors (Lipinski definition) is 1. The van der Waals surface area contributed by atoms with Gasteiger partial charge >= 0.3 is 0 Å². The molecule has 2 aromatic rings. The zero-order valence-electron chi connectivity index (χ0n) is 14.0. The Morgan fingerprint density at radius 2 is 1.81 bits per heavy atom. The lowest BCUT2D eigenvalue weighted by Gasteiger charge is -2.33. The van der Waals surface area contributed by atoms with E-state index < -0.39 is 19.9 Å². The molecule has 0 aliphatic carbocycles. The Labute approximate surface area is 158 Å². The minimum absolute atomic E-state index is 0.246. The Balaban J connectivity index is 1.71. The van der Waals surface area contributed by atoms with Crippen molar-refractivity contribution in [1.29, 1.82) is 0 Å². The highest BCUT2D eigenvalue weighted by atomic mass is 32.2. The van der Waals surface area contributed by atoms with Crippen molar-refractivity contribution in [3.05, 3.63) is 55.9 Å². The van der Waals surface area contributed by atoms with Crippen LogP contribution in [-0.4, -0.2) is 37.4 Å². The molecule has 1 aromatic carbocycles. The molecule has 1 fully saturated rings. The summed E-state index contributed by atoms with van der Waals surface area (Å²) in [5, 5.41) is 23.8. The summed E-state index contributed by atoms with van der Waals surface area (Å²) in [6.45, 7) is 0.798. The fourth-order valence-electron chi connectivity index (χ4n) is 2.97. The maximum atomic E-state index is 12.3. The average Bonchev–Trinajstić information content (AvgIpc) is 3.17. The Kier molecular flexibility index (Phi) is 5.39. The van der Waals surface area contributed by atoms with E-state index in [9.17, 15) is 28.6 Å². The number of nitro groups is 2. The second-order valence-corrected chi connectivity index (χ2v) is 8.89. The molecule has 0 spiro atoms. The molecule has 1 saturated heterocycles. The van der Waals surface area contributed by atoms with E-state index in [-0.39, 0.29) is 21.6 Å². The topological polar surface area (TPSA) is 136 Å². The van der Waals surface area contributed by atoms with Crippen LogP contribution in [0, 0.1) is 20.2 Å². The van der Waals surface area contributed by atoms with Gasteiger partial charge < -0.3 is 4.90 Å². The molecule has 0 unspecified atom stereocenters. The van der Waals surface area contributed by atoms with E-state index in [1.165, 1.54) is 18.2 Å². The maximum Gasteiger partial charge on any atom is 0.299 e. The van der Waals surface area contributed by atoms with Gasteiger partial charge in [0.15, 0.2) is 0 Å². The molecular weight excluding hydrogens is 396 g/mol. The van der Waals surface area contributed by atoms with Crippen LogP contribution >= 0.6 is 11.3 Å². The van der Waals surface area contributed by atoms with Gasteiger partial charge in [-0.05, 0) is 30.4 Å². The molecular formula is C15H16N4O6S2. The lowest BCUT2D eigenvalue weighted by molar-refractivity contribution is -0.393. The molecule has 0 amide bonds. The monoisotopic (exact) mass is 412 g/mol. The second kappa shape index (κ2) is 7.58. The van der Waals surface area contributed by atoms with Gasteiger partial charge in [-0.2, -0.15) is 0 Å². The van der Waals surface area contributed by atoms with Crippen molar-refractivity contribution in [3.8, 4) is 0 Å². The molecule has 10 nitrogen and oxygen atoms in total. The molecule has 1 N–H and O–H groups in total. The van der Waals surface area contributed by atoms with Crippen LogP contribution in [0.25, 0.3) is 0 Å². The molecule has 1 aliphatic rings. The van der Waals surface area contributed by atoms with Crippen LogP contribution in [0.5, 0.6) is 0 Å². The summed E-state index contributed by atoms with van der Waals surface area (Å²) in [6, 6.07) is 6.46. The van der Waals surface area contributed by atoms with Crippen molar-refractivity contribution in [3.63, 3.8) is 0 Å². The quantitative estimate of drug-likeness (QED) is 0.568. The Bertz CT molecular complexity index is 953. The van der Waals surface area contributed by atoms with Crippen LogP contribution in [0.2, 0.25) is 0 Å². The first-order chi connectivity index (χ1) is 12.8.